The molecule has 128 valence electrons. The molecule has 6 heteroatoms. The zero-order valence-corrected chi connectivity index (χ0v) is 14.4. The average molecular weight is 328 g/mol. The molecule has 0 aliphatic rings. The number of hydrogen-bond acceptors (Lipinski definition) is 4. The van der Waals surface area contributed by atoms with E-state index in [0.29, 0.717) is 17.1 Å². The zero-order chi connectivity index (χ0) is 18.2. The second kappa shape index (κ2) is 8.79. The molecule has 0 aromatic carbocycles. The summed E-state index contributed by atoms with van der Waals surface area (Å²) in [4.78, 5) is 13.6. The molecule has 0 fully saturated rings. The maximum absolute atomic E-state index is 12.3. The molecule has 0 saturated carbocycles. The molecule has 1 atom stereocenters. The average Bonchev–Trinajstić information content (AvgIpc) is 2.87. The van der Waals surface area contributed by atoms with Crippen LogP contribution in [0.1, 0.15) is 25.2 Å². The summed E-state index contributed by atoms with van der Waals surface area (Å²) in [6.45, 7) is 12.1. The fourth-order valence-corrected chi connectivity index (χ4v) is 1.82. The van der Waals surface area contributed by atoms with Crippen molar-refractivity contribution in [2.45, 2.75) is 32.9 Å². The number of carbonyl (C=O) groups is 1. The number of rotatable bonds is 8. The minimum Gasteiger partial charge on any atom is -0.378 e. The molecule has 1 aromatic rings. The lowest BCUT2D eigenvalue weighted by Crippen LogP contribution is -2.47. The molecule has 0 unspecified atom stereocenters. The highest BCUT2D eigenvalue weighted by Crippen LogP contribution is 2.11. The Bertz CT molecular complexity index is 694. The smallest absolute Gasteiger partial charge is 0.258 e. The van der Waals surface area contributed by atoms with Crippen molar-refractivity contribution in [3.63, 3.8) is 0 Å². The normalized spacial score (nSPS) is 14.8. The first-order valence-corrected chi connectivity index (χ1v) is 7.54. The van der Waals surface area contributed by atoms with Crippen LogP contribution in [0.3, 0.4) is 0 Å². The summed E-state index contributed by atoms with van der Waals surface area (Å²) >= 11 is 0. The predicted octanol–water partition coefficient (Wildman–Crippen LogP) is 2.30. The van der Waals surface area contributed by atoms with Gasteiger partial charge in [-0.25, -0.2) is 0 Å². The van der Waals surface area contributed by atoms with E-state index in [9.17, 15) is 9.90 Å². The standard InChI is InChI=1S/C18H24N4O2/c1-6-9-11-15(8-3)19-17(23)18(5,24)13-22-20-14(4)16(21-22)12-10-7-2/h6-12,24H,1-2,13H2,3-5H3,(H,19,23)/b11-9-,12-10-,15-8+/t18-/m0/s1. The first-order valence-electron chi connectivity index (χ1n) is 7.54. The molecule has 0 bridgehead atoms. The summed E-state index contributed by atoms with van der Waals surface area (Å²) in [5.41, 5.74) is 0.266. The molecule has 0 aliphatic heterocycles. The number of aryl methyl sites for hydroxylation is 1. The van der Waals surface area contributed by atoms with Gasteiger partial charge >= 0.3 is 0 Å². The lowest BCUT2D eigenvalue weighted by molar-refractivity contribution is -0.139. The minimum atomic E-state index is -1.67. The molecule has 0 spiro atoms. The van der Waals surface area contributed by atoms with Crippen LogP contribution in [0.4, 0.5) is 0 Å². The SMILES string of the molecule is C=C/C=C\C(=C/C)NC(=O)[C@@](C)(O)Cn1nc(C)c(/C=C\C=C)n1. The van der Waals surface area contributed by atoms with Gasteiger partial charge in [-0.1, -0.05) is 43.5 Å². The molecule has 24 heavy (non-hydrogen) atoms. The highest BCUT2D eigenvalue weighted by Gasteiger charge is 2.32. The third-order valence-electron chi connectivity index (χ3n) is 3.17. The van der Waals surface area contributed by atoms with E-state index in [-0.39, 0.29) is 6.54 Å². The molecule has 1 heterocycles. The lowest BCUT2D eigenvalue weighted by Gasteiger charge is -2.21. The van der Waals surface area contributed by atoms with Gasteiger partial charge in [0.25, 0.3) is 5.91 Å². The maximum atomic E-state index is 12.3. The van der Waals surface area contributed by atoms with Gasteiger partial charge in [-0.3, -0.25) is 4.79 Å². The van der Waals surface area contributed by atoms with E-state index in [0.717, 1.165) is 0 Å². The van der Waals surface area contributed by atoms with Crippen molar-refractivity contribution in [1.29, 1.82) is 0 Å². The third-order valence-corrected chi connectivity index (χ3v) is 3.17. The van der Waals surface area contributed by atoms with Crippen LogP contribution in [0.2, 0.25) is 0 Å². The minimum absolute atomic E-state index is 0.0657. The van der Waals surface area contributed by atoms with Crippen molar-refractivity contribution in [3.8, 4) is 0 Å². The van der Waals surface area contributed by atoms with E-state index < -0.39 is 11.5 Å². The van der Waals surface area contributed by atoms with E-state index in [2.05, 4.69) is 28.7 Å². The first kappa shape index (κ1) is 19.3. The number of nitrogens with zero attached hydrogens (tertiary/aromatic N) is 3. The Labute approximate surface area is 142 Å². The summed E-state index contributed by atoms with van der Waals surface area (Å²) in [7, 11) is 0. The number of hydrogen-bond donors (Lipinski definition) is 2. The van der Waals surface area contributed by atoms with Gasteiger partial charge < -0.3 is 10.4 Å². The van der Waals surface area contributed by atoms with Gasteiger partial charge in [0.15, 0.2) is 5.60 Å². The van der Waals surface area contributed by atoms with Crippen LogP contribution in [-0.4, -0.2) is 31.6 Å². The van der Waals surface area contributed by atoms with Gasteiger partial charge in [-0.15, -0.1) is 0 Å². The van der Waals surface area contributed by atoms with Crippen molar-refractivity contribution in [1.82, 2.24) is 20.3 Å². The van der Waals surface area contributed by atoms with Crippen LogP contribution in [0.5, 0.6) is 0 Å². The molecule has 2 N–H and O–H groups in total. The van der Waals surface area contributed by atoms with Gasteiger partial charge in [-0.05, 0) is 32.9 Å². The fourth-order valence-electron chi connectivity index (χ4n) is 1.82. The molecule has 0 radical (unpaired) electrons. The molecule has 1 amide bonds. The van der Waals surface area contributed by atoms with Crippen LogP contribution in [0, 0.1) is 6.92 Å². The number of aromatic nitrogens is 3. The maximum Gasteiger partial charge on any atom is 0.258 e. The van der Waals surface area contributed by atoms with E-state index in [1.165, 1.54) is 11.7 Å². The number of amides is 1. The Morgan fingerprint density at radius 2 is 2.00 bits per heavy atom. The number of allylic oxidation sites excluding steroid dienone is 6. The van der Waals surface area contributed by atoms with Crippen LogP contribution in [-0.2, 0) is 11.3 Å². The topological polar surface area (TPSA) is 80.0 Å². The second-order valence-corrected chi connectivity index (χ2v) is 5.36. The summed E-state index contributed by atoms with van der Waals surface area (Å²) in [5.74, 6) is -0.539. The van der Waals surface area contributed by atoms with Crippen LogP contribution >= 0.6 is 0 Å². The third kappa shape index (κ3) is 5.48. The highest BCUT2D eigenvalue weighted by molar-refractivity contribution is 5.86. The van der Waals surface area contributed by atoms with Crippen LogP contribution in [0.15, 0.2) is 55.3 Å². The second-order valence-electron chi connectivity index (χ2n) is 5.36. The Morgan fingerprint density at radius 1 is 1.33 bits per heavy atom. The quantitative estimate of drug-likeness (QED) is 0.718. The highest BCUT2D eigenvalue weighted by atomic mass is 16.3. The Kier molecular flexibility index (Phi) is 7.07. The van der Waals surface area contributed by atoms with Crippen molar-refractivity contribution < 1.29 is 9.90 Å². The Balaban J connectivity index is 2.86. The van der Waals surface area contributed by atoms with E-state index in [1.807, 2.05) is 0 Å². The number of nitrogens with one attached hydrogen (secondary N) is 1. The molecule has 1 rings (SSSR count). The number of carbonyl (C=O) groups excluding carboxylic acids is 1. The van der Waals surface area contributed by atoms with Gasteiger partial charge in [0.1, 0.15) is 5.69 Å². The van der Waals surface area contributed by atoms with Gasteiger partial charge in [0.05, 0.1) is 12.2 Å². The fraction of sp³-hybridized carbons (Fsp3) is 0.278. The van der Waals surface area contributed by atoms with Gasteiger partial charge in [0, 0.05) is 5.70 Å². The predicted molar refractivity (Wildman–Crippen MR) is 95.9 cm³/mol. The largest absolute Gasteiger partial charge is 0.378 e. The van der Waals surface area contributed by atoms with Crippen molar-refractivity contribution in [2.24, 2.45) is 0 Å². The van der Waals surface area contributed by atoms with Crippen molar-refractivity contribution in [3.05, 3.63) is 66.7 Å². The van der Waals surface area contributed by atoms with Gasteiger partial charge in [0.2, 0.25) is 0 Å². The van der Waals surface area contributed by atoms with Crippen molar-refractivity contribution in [2.75, 3.05) is 0 Å². The Hall–Kier alpha value is -2.73. The van der Waals surface area contributed by atoms with E-state index >= 15 is 0 Å². The summed E-state index contributed by atoms with van der Waals surface area (Å²) < 4.78 is 0. The Morgan fingerprint density at radius 3 is 2.58 bits per heavy atom. The summed E-state index contributed by atoms with van der Waals surface area (Å²) in [5, 5.41) is 21.6. The van der Waals surface area contributed by atoms with Crippen LogP contribution < -0.4 is 5.32 Å². The number of aliphatic hydroxyl groups is 1. The molecule has 6 nitrogen and oxygen atoms in total. The van der Waals surface area contributed by atoms with Crippen LogP contribution in [0.25, 0.3) is 6.08 Å². The summed E-state index contributed by atoms with van der Waals surface area (Å²) in [6.07, 6.45) is 11.9. The molecule has 0 aliphatic carbocycles. The molecule has 1 aromatic heterocycles. The zero-order valence-electron chi connectivity index (χ0n) is 14.4. The first-order chi connectivity index (χ1) is 11.3. The monoisotopic (exact) mass is 328 g/mol. The lowest BCUT2D eigenvalue weighted by atomic mass is 10.1. The molecule has 0 saturated heterocycles. The van der Waals surface area contributed by atoms with E-state index in [4.69, 9.17) is 0 Å². The van der Waals surface area contributed by atoms with Crippen molar-refractivity contribution >= 4 is 12.0 Å². The van der Waals surface area contributed by atoms with Gasteiger partial charge in [-0.2, -0.15) is 15.0 Å². The van der Waals surface area contributed by atoms with E-state index in [1.54, 1.807) is 56.4 Å². The molecular weight excluding hydrogens is 304 g/mol. The molecular formula is C18H24N4O2. The summed E-state index contributed by atoms with van der Waals surface area (Å²) in [6, 6.07) is 0.